The van der Waals surface area contributed by atoms with Gasteiger partial charge >= 0.3 is 0 Å². The van der Waals surface area contributed by atoms with Crippen LogP contribution >= 0.6 is 0 Å². The number of para-hydroxylation sites is 6. The zero-order chi connectivity index (χ0) is 32.1. The van der Waals surface area contributed by atoms with Crippen LogP contribution in [0.3, 0.4) is 0 Å². The van der Waals surface area contributed by atoms with E-state index >= 15 is 0 Å². The predicted molar refractivity (Wildman–Crippen MR) is 205 cm³/mol. The van der Waals surface area contributed by atoms with E-state index in [2.05, 4.69) is 167 Å². The molecule has 0 aliphatic carbocycles. The first-order chi connectivity index (χ1) is 24.3. The van der Waals surface area contributed by atoms with Crippen molar-refractivity contribution in [3.05, 3.63) is 158 Å². The molecule has 227 valence electrons. The first-order valence-corrected chi connectivity index (χ1v) is 16.7. The fraction of sp³-hybridized carbons (Fsp3) is 0. The molecule has 0 amide bonds. The van der Waals surface area contributed by atoms with Crippen molar-refractivity contribution in [1.82, 2.24) is 9.55 Å². The number of rotatable bonds is 4. The molecule has 1 aliphatic rings. The number of H-pyrrole nitrogens is 1. The fourth-order valence-corrected chi connectivity index (χ4v) is 8.11. The highest BCUT2D eigenvalue weighted by atomic mass is 16.3. The van der Waals surface area contributed by atoms with Crippen LogP contribution in [0.15, 0.2) is 162 Å². The molecule has 0 bridgehead atoms. The van der Waals surface area contributed by atoms with Crippen LogP contribution in [0, 0.1) is 0 Å². The maximum Gasteiger partial charge on any atom is 0.206 e. The average Bonchev–Trinajstić information content (AvgIpc) is 3.82. The summed E-state index contributed by atoms with van der Waals surface area (Å²) in [5.41, 5.74) is 14.4. The summed E-state index contributed by atoms with van der Waals surface area (Å²) in [4.78, 5) is 6.08. The number of hydrogen-bond acceptors (Lipinski definition) is 2. The molecular weight excluding hydrogens is 597 g/mol. The van der Waals surface area contributed by atoms with Crippen LogP contribution in [0.25, 0.3) is 71.6 Å². The molecule has 4 nitrogen and oxygen atoms in total. The summed E-state index contributed by atoms with van der Waals surface area (Å²) in [5.74, 6) is 0. The lowest BCUT2D eigenvalue weighted by molar-refractivity contribution is 0.657. The van der Waals surface area contributed by atoms with E-state index in [0.29, 0.717) is 0 Å². The highest BCUT2D eigenvalue weighted by Crippen LogP contribution is 2.43. The second kappa shape index (κ2) is 10.0. The summed E-state index contributed by atoms with van der Waals surface area (Å²) in [6.45, 7) is 0. The molecule has 1 radical (unpaired) electrons. The molecule has 49 heavy (non-hydrogen) atoms. The molecule has 0 saturated carbocycles. The maximum atomic E-state index is 6.37. The van der Waals surface area contributed by atoms with Crippen molar-refractivity contribution < 1.29 is 4.42 Å². The Balaban J connectivity index is 1.27. The number of aromatic nitrogens is 2. The van der Waals surface area contributed by atoms with E-state index in [4.69, 9.17) is 4.42 Å². The third-order valence-corrected chi connectivity index (χ3v) is 10.2. The number of aromatic amines is 1. The first-order valence-electron chi connectivity index (χ1n) is 16.7. The monoisotopic (exact) mass is 624 g/mol. The van der Waals surface area contributed by atoms with Gasteiger partial charge in [0.2, 0.25) is 5.71 Å². The number of nitrogens with one attached hydrogen (secondary N) is 1. The molecule has 0 spiro atoms. The van der Waals surface area contributed by atoms with Crippen molar-refractivity contribution >= 4 is 90.0 Å². The van der Waals surface area contributed by atoms with Gasteiger partial charge in [-0.25, -0.2) is 0 Å². The third-order valence-electron chi connectivity index (χ3n) is 10.2. The second-order valence-electron chi connectivity index (χ2n) is 12.8. The first kappa shape index (κ1) is 26.6. The van der Waals surface area contributed by atoms with Crippen LogP contribution in [0.5, 0.6) is 0 Å². The molecule has 10 aromatic rings. The van der Waals surface area contributed by atoms with Crippen molar-refractivity contribution in [2.45, 2.75) is 0 Å². The number of hydrogen-bond donors (Lipinski definition) is 1. The van der Waals surface area contributed by atoms with Gasteiger partial charge in [0.25, 0.3) is 0 Å². The number of nitrogens with zero attached hydrogens (tertiary/aromatic N) is 2. The Morgan fingerprint density at radius 2 is 1.22 bits per heavy atom. The quantitative estimate of drug-likeness (QED) is 0.198. The molecule has 0 saturated heterocycles. The van der Waals surface area contributed by atoms with Gasteiger partial charge in [-0.15, -0.1) is 0 Å². The molecule has 11 rings (SSSR count). The van der Waals surface area contributed by atoms with Crippen LogP contribution in [-0.4, -0.2) is 16.8 Å². The Morgan fingerprint density at radius 1 is 0.551 bits per heavy atom. The van der Waals surface area contributed by atoms with Gasteiger partial charge in [-0.1, -0.05) is 115 Å². The molecule has 0 atom stereocenters. The maximum absolute atomic E-state index is 6.37. The summed E-state index contributed by atoms with van der Waals surface area (Å²) in [6, 6.07) is 56.4. The lowest BCUT2D eigenvalue weighted by atomic mass is 9.59. The minimum absolute atomic E-state index is 0.802. The predicted octanol–water partition coefficient (Wildman–Crippen LogP) is 10.3. The van der Waals surface area contributed by atoms with E-state index in [1.54, 1.807) is 0 Å². The normalized spacial score (nSPS) is 12.2. The fourth-order valence-electron chi connectivity index (χ4n) is 8.11. The molecule has 7 aromatic carbocycles. The van der Waals surface area contributed by atoms with E-state index in [1.807, 2.05) is 12.1 Å². The number of anilines is 3. The highest BCUT2D eigenvalue weighted by Gasteiger charge is 2.28. The molecular formula is C44H27BN3O. The summed E-state index contributed by atoms with van der Waals surface area (Å²) in [5, 5.41) is 5.93. The average molecular weight is 625 g/mol. The summed E-state index contributed by atoms with van der Waals surface area (Å²) in [7, 11) is 2.38. The number of fused-ring (bicyclic) bond motifs is 10. The minimum Gasteiger partial charge on any atom is -0.440 e. The van der Waals surface area contributed by atoms with Gasteiger partial charge in [-0.3, -0.25) is 0 Å². The molecule has 1 N–H and O–H groups in total. The van der Waals surface area contributed by atoms with Gasteiger partial charge < -0.3 is 18.9 Å². The van der Waals surface area contributed by atoms with Crippen LogP contribution in [0.1, 0.15) is 0 Å². The van der Waals surface area contributed by atoms with Crippen molar-refractivity contribution in [2.75, 3.05) is 4.90 Å². The van der Waals surface area contributed by atoms with Crippen LogP contribution in [-0.2, 0) is 0 Å². The van der Waals surface area contributed by atoms with Crippen molar-refractivity contribution in [1.29, 1.82) is 0 Å². The van der Waals surface area contributed by atoms with Crippen LogP contribution in [0.2, 0.25) is 0 Å². The Bertz CT molecular complexity index is 2880. The van der Waals surface area contributed by atoms with E-state index in [1.165, 1.54) is 32.7 Å². The van der Waals surface area contributed by atoms with Crippen molar-refractivity contribution in [2.24, 2.45) is 0 Å². The van der Waals surface area contributed by atoms with Crippen molar-refractivity contribution in [3.63, 3.8) is 0 Å². The molecule has 4 heterocycles. The zero-order valence-corrected chi connectivity index (χ0v) is 26.4. The molecule has 5 heteroatoms. The molecule has 1 aliphatic heterocycles. The zero-order valence-electron chi connectivity index (χ0n) is 26.4. The van der Waals surface area contributed by atoms with E-state index in [-0.39, 0.29) is 0 Å². The largest absolute Gasteiger partial charge is 0.440 e. The van der Waals surface area contributed by atoms with Gasteiger partial charge in [0, 0.05) is 55.4 Å². The van der Waals surface area contributed by atoms with Gasteiger partial charge in [0.05, 0.1) is 16.4 Å². The smallest absolute Gasteiger partial charge is 0.206 e. The van der Waals surface area contributed by atoms with Crippen LogP contribution < -0.4 is 15.8 Å². The van der Waals surface area contributed by atoms with Gasteiger partial charge in [0.1, 0.15) is 5.58 Å². The second-order valence-corrected chi connectivity index (χ2v) is 12.8. The Labute approximate surface area is 282 Å². The summed E-state index contributed by atoms with van der Waals surface area (Å²) >= 11 is 0. The number of benzene rings is 7. The topological polar surface area (TPSA) is 37.1 Å². The summed E-state index contributed by atoms with van der Waals surface area (Å²) < 4.78 is 8.84. The lowest BCUT2D eigenvalue weighted by Crippen LogP contribution is -2.37. The van der Waals surface area contributed by atoms with Gasteiger partial charge in [0.15, 0.2) is 7.28 Å². The lowest BCUT2D eigenvalue weighted by Gasteiger charge is -2.30. The van der Waals surface area contributed by atoms with Crippen molar-refractivity contribution in [3.8, 4) is 16.8 Å². The molecule has 0 fully saturated rings. The number of furan rings is 1. The van der Waals surface area contributed by atoms with Gasteiger partial charge in [-0.05, 0) is 59.6 Å². The van der Waals surface area contributed by atoms with Crippen LogP contribution in [0.4, 0.5) is 17.1 Å². The van der Waals surface area contributed by atoms with Gasteiger partial charge in [-0.2, -0.15) is 0 Å². The van der Waals surface area contributed by atoms with E-state index in [0.717, 1.165) is 66.8 Å². The standard InChI is InChI=1S/C44H27BN3O/c1-3-13-27(14-4-1)47(28-15-5-2-6-16-28)29-25-35(31-19-11-21-34-40-33-18-8-10-24-39(33)49-44(40)46-42(31)34)41-38(26-29)48-37-23-9-7-17-30(37)32-20-12-22-36(45-41)43(32)48/h1-26,46H. The highest BCUT2D eigenvalue weighted by molar-refractivity contribution is 6.73. The Morgan fingerprint density at radius 3 is 2.04 bits per heavy atom. The summed E-state index contributed by atoms with van der Waals surface area (Å²) in [6.07, 6.45) is 0. The minimum atomic E-state index is 0.802. The Kier molecular flexibility index (Phi) is 5.44. The Hall–Kier alpha value is -6.46. The molecule has 3 aromatic heterocycles. The SMILES string of the molecule is [B]1c2c(-c3cccc4c3[nH]c3oc5ccccc5c34)cc(N(c3ccccc3)c3ccccc3)cc2-n2c3ccccc3c3cccc1c32. The third kappa shape index (κ3) is 3.75. The molecule has 0 unspecified atom stereocenters. The van der Waals surface area contributed by atoms with E-state index < -0.39 is 0 Å². The van der Waals surface area contributed by atoms with E-state index in [9.17, 15) is 0 Å².